The van der Waals surface area contributed by atoms with E-state index < -0.39 is 0 Å². The van der Waals surface area contributed by atoms with Crippen molar-refractivity contribution in [3.05, 3.63) is 71.2 Å². The summed E-state index contributed by atoms with van der Waals surface area (Å²) >= 11 is 0. The zero-order valence-corrected chi connectivity index (χ0v) is 18.8. The minimum absolute atomic E-state index is 0.0637. The number of rotatable bonds is 5. The van der Waals surface area contributed by atoms with E-state index in [9.17, 15) is 9.59 Å². The van der Waals surface area contributed by atoms with Gasteiger partial charge in [-0.25, -0.2) is 9.67 Å². The first kappa shape index (κ1) is 21.7. The van der Waals surface area contributed by atoms with E-state index in [1.165, 1.54) is 5.56 Å². The standard InChI is InChI=1S/C25H29N5O2/c1-4-22-21(15-27-30(22)20-10-7-17(2)8-11-20)25(32)29-13-5-6-19(16-29)24(31)28-23-12-9-18(3)14-26-23/h7-12,14-15,19H,4-6,13,16H2,1-3H3,(H,26,28,31). The molecule has 1 atom stereocenters. The van der Waals surface area contributed by atoms with Gasteiger partial charge in [0.25, 0.3) is 5.91 Å². The molecular formula is C25H29N5O2. The number of aromatic nitrogens is 3. The van der Waals surface area contributed by atoms with Crippen LogP contribution in [0.3, 0.4) is 0 Å². The third-order valence-electron chi connectivity index (χ3n) is 5.95. The van der Waals surface area contributed by atoms with E-state index in [0.717, 1.165) is 29.8 Å². The van der Waals surface area contributed by atoms with Crippen LogP contribution in [0.25, 0.3) is 5.69 Å². The molecule has 0 spiro atoms. The molecule has 0 bridgehead atoms. The second-order valence-electron chi connectivity index (χ2n) is 8.41. The predicted molar refractivity (Wildman–Crippen MR) is 124 cm³/mol. The van der Waals surface area contributed by atoms with Gasteiger partial charge >= 0.3 is 0 Å². The van der Waals surface area contributed by atoms with E-state index in [1.54, 1.807) is 23.4 Å². The Labute approximate surface area is 188 Å². The predicted octanol–water partition coefficient (Wildman–Crippen LogP) is 3.94. The molecule has 32 heavy (non-hydrogen) atoms. The van der Waals surface area contributed by atoms with Crippen molar-refractivity contribution in [3.63, 3.8) is 0 Å². The summed E-state index contributed by atoms with van der Waals surface area (Å²) in [5.74, 6) is 0.126. The van der Waals surface area contributed by atoms with Crippen molar-refractivity contribution in [3.8, 4) is 5.69 Å². The molecule has 3 heterocycles. The van der Waals surface area contributed by atoms with E-state index in [2.05, 4.69) is 15.4 Å². The number of amides is 2. The van der Waals surface area contributed by atoms with Crippen LogP contribution in [0.1, 0.15) is 46.9 Å². The first-order chi connectivity index (χ1) is 15.5. The Morgan fingerprint density at radius 1 is 1.06 bits per heavy atom. The lowest BCUT2D eigenvalue weighted by Gasteiger charge is -2.32. The van der Waals surface area contributed by atoms with Crippen LogP contribution in [-0.4, -0.2) is 44.6 Å². The maximum Gasteiger partial charge on any atom is 0.257 e. The van der Waals surface area contributed by atoms with Crippen molar-refractivity contribution in [1.82, 2.24) is 19.7 Å². The SMILES string of the molecule is CCc1c(C(=O)N2CCCC(C(=O)Nc3ccc(C)cn3)C2)cnn1-c1ccc(C)cc1. The first-order valence-electron chi connectivity index (χ1n) is 11.1. The maximum absolute atomic E-state index is 13.4. The van der Waals surface area contributed by atoms with Crippen LogP contribution in [-0.2, 0) is 11.2 Å². The molecule has 1 saturated heterocycles. The molecule has 1 aliphatic heterocycles. The Hall–Kier alpha value is -3.48. The number of anilines is 1. The fourth-order valence-corrected chi connectivity index (χ4v) is 4.12. The molecule has 1 N–H and O–H groups in total. The number of carbonyl (C=O) groups excluding carboxylic acids is 2. The second-order valence-corrected chi connectivity index (χ2v) is 8.41. The lowest BCUT2D eigenvalue weighted by molar-refractivity contribution is -0.121. The molecule has 4 rings (SSSR count). The summed E-state index contributed by atoms with van der Waals surface area (Å²) in [5, 5.41) is 7.39. The van der Waals surface area contributed by atoms with Gasteiger partial charge in [0.05, 0.1) is 29.1 Å². The third kappa shape index (κ3) is 4.56. The fraction of sp³-hybridized carbons (Fsp3) is 0.360. The van der Waals surface area contributed by atoms with Gasteiger partial charge in [-0.3, -0.25) is 9.59 Å². The summed E-state index contributed by atoms with van der Waals surface area (Å²) in [6.07, 6.45) is 5.61. The number of pyridine rings is 1. The molecule has 1 aliphatic rings. The quantitative estimate of drug-likeness (QED) is 0.664. The Bertz CT molecular complexity index is 1100. The lowest BCUT2D eigenvalue weighted by atomic mass is 9.96. The average Bonchev–Trinajstić information content (AvgIpc) is 3.24. The number of nitrogens with zero attached hydrogens (tertiary/aromatic N) is 4. The number of benzene rings is 1. The Kier molecular flexibility index (Phi) is 6.35. The second kappa shape index (κ2) is 9.34. The van der Waals surface area contributed by atoms with Crippen LogP contribution in [0, 0.1) is 19.8 Å². The fourth-order valence-electron chi connectivity index (χ4n) is 4.12. The monoisotopic (exact) mass is 431 g/mol. The topological polar surface area (TPSA) is 80.1 Å². The van der Waals surface area contributed by atoms with Gasteiger partial charge < -0.3 is 10.2 Å². The molecule has 1 unspecified atom stereocenters. The zero-order valence-electron chi connectivity index (χ0n) is 18.8. The van der Waals surface area contributed by atoms with Crippen molar-refractivity contribution in [2.24, 2.45) is 5.92 Å². The number of carbonyl (C=O) groups is 2. The van der Waals surface area contributed by atoms with Crippen LogP contribution in [0.2, 0.25) is 0 Å². The van der Waals surface area contributed by atoms with Crippen molar-refractivity contribution in [2.75, 3.05) is 18.4 Å². The maximum atomic E-state index is 13.4. The van der Waals surface area contributed by atoms with Crippen molar-refractivity contribution in [1.29, 1.82) is 0 Å². The molecule has 1 aromatic carbocycles. The van der Waals surface area contributed by atoms with Crippen LogP contribution in [0.5, 0.6) is 0 Å². The van der Waals surface area contributed by atoms with E-state index in [4.69, 9.17) is 0 Å². The number of aryl methyl sites for hydroxylation is 2. The van der Waals surface area contributed by atoms with E-state index >= 15 is 0 Å². The van der Waals surface area contributed by atoms with E-state index in [-0.39, 0.29) is 17.7 Å². The summed E-state index contributed by atoms with van der Waals surface area (Å²) in [7, 11) is 0. The molecule has 0 saturated carbocycles. The van der Waals surface area contributed by atoms with Gasteiger partial charge in [0.1, 0.15) is 5.82 Å². The molecule has 0 aliphatic carbocycles. The van der Waals surface area contributed by atoms with Crippen molar-refractivity contribution < 1.29 is 9.59 Å². The normalized spacial score (nSPS) is 16.1. The molecular weight excluding hydrogens is 402 g/mol. The van der Waals surface area contributed by atoms with Crippen molar-refractivity contribution in [2.45, 2.75) is 40.0 Å². The highest BCUT2D eigenvalue weighted by atomic mass is 16.2. The number of piperidine rings is 1. The van der Waals surface area contributed by atoms with Gasteiger partial charge in [-0.2, -0.15) is 5.10 Å². The molecule has 7 nitrogen and oxygen atoms in total. The molecule has 0 radical (unpaired) electrons. The van der Waals surface area contributed by atoms with Crippen LogP contribution in [0.4, 0.5) is 5.82 Å². The van der Waals surface area contributed by atoms with Crippen LogP contribution in [0.15, 0.2) is 48.8 Å². The molecule has 1 fully saturated rings. The molecule has 166 valence electrons. The highest BCUT2D eigenvalue weighted by molar-refractivity contribution is 5.96. The molecule has 2 amide bonds. The summed E-state index contributed by atoms with van der Waals surface area (Å²) in [6, 6.07) is 11.8. The Morgan fingerprint density at radius 3 is 2.50 bits per heavy atom. The van der Waals surface area contributed by atoms with Gasteiger partial charge in [-0.1, -0.05) is 30.7 Å². The van der Waals surface area contributed by atoms with Gasteiger partial charge in [0.15, 0.2) is 0 Å². The highest BCUT2D eigenvalue weighted by Gasteiger charge is 2.31. The van der Waals surface area contributed by atoms with Gasteiger partial charge in [-0.05, 0) is 56.9 Å². The lowest BCUT2D eigenvalue weighted by Crippen LogP contribution is -2.44. The summed E-state index contributed by atoms with van der Waals surface area (Å²) in [6.45, 7) is 7.06. The minimum atomic E-state index is -0.256. The van der Waals surface area contributed by atoms with Crippen LogP contribution >= 0.6 is 0 Å². The number of hydrogen-bond acceptors (Lipinski definition) is 4. The third-order valence-corrected chi connectivity index (χ3v) is 5.95. The smallest absolute Gasteiger partial charge is 0.257 e. The number of likely N-dealkylation sites (tertiary alicyclic amines) is 1. The Balaban J connectivity index is 1.49. The summed E-state index contributed by atoms with van der Waals surface area (Å²) in [5.41, 5.74) is 4.64. The number of hydrogen-bond donors (Lipinski definition) is 1. The summed E-state index contributed by atoms with van der Waals surface area (Å²) < 4.78 is 1.84. The highest BCUT2D eigenvalue weighted by Crippen LogP contribution is 2.23. The molecule has 3 aromatic rings. The minimum Gasteiger partial charge on any atom is -0.338 e. The molecule has 7 heteroatoms. The first-order valence-corrected chi connectivity index (χ1v) is 11.1. The molecule has 2 aromatic heterocycles. The average molecular weight is 432 g/mol. The zero-order chi connectivity index (χ0) is 22.7. The van der Waals surface area contributed by atoms with Crippen molar-refractivity contribution >= 4 is 17.6 Å². The largest absolute Gasteiger partial charge is 0.338 e. The Morgan fingerprint density at radius 2 is 1.81 bits per heavy atom. The van der Waals surface area contributed by atoms with E-state index in [1.807, 2.05) is 55.8 Å². The van der Waals surface area contributed by atoms with Gasteiger partial charge in [-0.15, -0.1) is 0 Å². The van der Waals surface area contributed by atoms with Crippen LogP contribution < -0.4 is 5.32 Å². The van der Waals surface area contributed by atoms with E-state index in [0.29, 0.717) is 30.9 Å². The number of nitrogens with one attached hydrogen (secondary N) is 1. The van der Waals surface area contributed by atoms with Gasteiger partial charge in [0.2, 0.25) is 5.91 Å². The summed E-state index contributed by atoms with van der Waals surface area (Å²) in [4.78, 5) is 32.2. The van der Waals surface area contributed by atoms with Gasteiger partial charge in [0, 0.05) is 19.3 Å².